The number of rotatable bonds is 5. The summed E-state index contributed by atoms with van der Waals surface area (Å²) in [4.78, 5) is 39.0. The number of carbonyl (C=O) groups is 3. The minimum absolute atomic E-state index is 0.119. The van der Waals surface area contributed by atoms with Gasteiger partial charge in [-0.1, -0.05) is 6.07 Å². The number of nitrogens with zero attached hydrogens (tertiary/aromatic N) is 2. The molecule has 144 valence electrons. The van der Waals surface area contributed by atoms with Crippen LogP contribution in [0.4, 0.5) is 4.39 Å². The molecule has 2 aliphatic rings. The number of imide groups is 1. The summed E-state index contributed by atoms with van der Waals surface area (Å²) in [6.45, 7) is 1.41. The molecule has 2 heterocycles. The summed E-state index contributed by atoms with van der Waals surface area (Å²) >= 11 is 0. The van der Waals surface area contributed by atoms with Gasteiger partial charge in [-0.3, -0.25) is 19.3 Å². The molecular formula is C21H19FN2O4. The Morgan fingerprint density at radius 3 is 2.36 bits per heavy atom. The van der Waals surface area contributed by atoms with Crippen LogP contribution in [0.3, 0.4) is 0 Å². The quantitative estimate of drug-likeness (QED) is 0.746. The predicted octanol–water partition coefficient (Wildman–Crippen LogP) is 2.84. The lowest BCUT2D eigenvalue weighted by Crippen LogP contribution is -2.54. The Morgan fingerprint density at radius 2 is 1.68 bits per heavy atom. The Hall–Kier alpha value is -3.22. The molecule has 28 heavy (non-hydrogen) atoms. The van der Waals surface area contributed by atoms with Crippen LogP contribution in [0.2, 0.25) is 0 Å². The Bertz CT molecular complexity index is 906. The molecule has 0 unspecified atom stereocenters. The van der Waals surface area contributed by atoms with Gasteiger partial charge in [0.15, 0.2) is 0 Å². The molecule has 2 aliphatic heterocycles. The Labute approximate surface area is 161 Å². The second-order valence-electron chi connectivity index (χ2n) is 7.06. The van der Waals surface area contributed by atoms with E-state index in [4.69, 9.17) is 4.74 Å². The lowest BCUT2D eigenvalue weighted by atomic mass is 9.98. The van der Waals surface area contributed by atoms with Crippen LogP contribution in [0, 0.1) is 11.7 Å². The summed E-state index contributed by atoms with van der Waals surface area (Å²) in [6, 6.07) is 12.5. The second kappa shape index (κ2) is 7.42. The molecule has 0 N–H and O–H groups in total. The molecule has 0 radical (unpaired) electrons. The van der Waals surface area contributed by atoms with Gasteiger partial charge in [0.25, 0.3) is 5.91 Å². The van der Waals surface area contributed by atoms with E-state index in [9.17, 15) is 18.8 Å². The molecule has 0 aromatic heterocycles. The lowest BCUT2D eigenvalue weighted by Gasteiger charge is -2.40. The van der Waals surface area contributed by atoms with Gasteiger partial charge in [-0.15, -0.1) is 0 Å². The summed E-state index contributed by atoms with van der Waals surface area (Å²) in [5.41, 5.74) is 0.492. The SMILES string of the molecule is O=C(c1cccc(Oc2ccc(F)cc2)c1)N1CC(CN2C(=O)CCC2=O)C1. The van der Waals surface area contributed by atoms with E-state index in [2.05, 4.69) is 0 Å². The maximum atomic E-state index is 13.0. The number of benzene rings is 2. The van der Waals surface area contributed by atoms with Crippen molar-refractivity contribution in [3.8, 4) is 11.5 Å². The zero-order valence-corrected chi connectivity index (χ0v) is 15.1. The van der Waals surface area contributed by atoms with Gasteiger partial charge in [-0.2, -0.15) is 0 Å². The molecule has 4 rings (SSSR count). The monoisotopic (exact) mass is 382 g/mol. The molecule has 0 spiro atoms. The van der Waals surface area contributed by atoms with Crippen LogP contribution in [-0.2, 0) is 9.59 Å². The molecule has 2 fully saturated rings. The Kier molecular flexibility index (Phi) is 4.81. The average Bonchev–Trinajstić information content (AvgIpc) is 2.97. The zero-order valence-electron chi connectivity index (χ0n) is 15.1. The molecule has 7 heteroatoms. The molecular weight excluding hydrogens is 363 g/mol. The first-order chi connectivity index (χ1) is 13.5. The Morgan fingerprint density at radius 1 is 1.00 bits per heavy atom. The molecule has 0 saturated carbocycles. The molecule has 3 amide bonds. The first-order valence-electron chi connectivity index (χ1n) is 9.15. The van der Waals surface area contributed by atoms with Gasteiger partial charge in [-0.05, 0) is 42.5 Å². The van der Waals surface area contributed by atoms with Gasteiger partial charge in [0.2, 0.25) is 11.8 Å². The van der Waals surface area contributed by atoms with E-state index in [0.29, 0.717) is 36.7 Å². The highest BCUT2D eigenvalue weighted by Gasteiger charge is 2.37. The minimum atomic E-state index is -0.346. The highest BCUT2D eigenvalue weighted by atomic mass is 19.1. The molecule has 6 nitrogen and oxygen atoms in total. The van der Waals surface area contributed by atoms with E-state index >= 15 is 0 Å². The van der Waals surface area contributed by atoms with Crippen LogP contribution >= 0.6 is 0 Å². The van der Waals surface area contributed by atoms with Crippen molar-refractivity contribution in [2.24, 2.45) is 5.92 Å². The normalized spacial score (nSPS) is 17.0. The van der Waals surface area contributed by atoms with Crippen LogP contribution in [0.15, 0.2) is 48.5 Å². The van der Waals surface area contributed by atoms with E-state index in [-0.39, 0.29) is 42.3 Å². The third kappa shape index (κ3) is 3.74. The highest BCUT2D eigenvalue weighted by Crippen LogP contribution is 2.26. The zero-order chi connectivity index (χ0) is 19.7. The molecule has 2 saturated heterocycles. The topological polar surface area (TPSA) is 66.9 Å². The molecule has 0 bridgehead atoms. The lowest BCUT2D eigenvalue weighted by molar-refractivity contribution is -0.139. The van der Waals surface area contributed by atoms with E-state index in [1.807, 2.05) is 0 Å². The maximum absolute atomic E-state index is 13.0. The van der Waals surface area contributed by atoms with Crippen LogP contribution in [-0.4, -0.2) is 47.2 Å². The van der Waals surface area contributed by atoms with E-state index in [1.54, 1.807) is 29.2 Å². The Balaban J connectivity index is 1.35. The van der Waals surface area contributed by atoms with Gasteiger partial charge < -0.3 is 9.64 Å². The van der Waals surface area contributed by atoms with Crippen molar-refractivity contribution in [3.63, 3.8) is 0 Å². The van der Waals surface area contributed by atoms with E-state index in [1.165, 1.54) is 29.2 Å². The number of halogens is 1. The largest absolute Gasteiger partial charge is 0.457 e. The standard InChI is InChI=1S/C21H19FN2O4/c22-16-4-6-17(7-5-16)28-18-3-1-2-15(10-18)21(27)23-11-14(12-23)13-24-19(25)8-9-20(24)26/h1-7,10,14H,8-9,11-13H2. The van der Waals surface area contributed by atoms with Crippen molar-refractivity contribution in [1.29, 1.82) is 0 Å². The summed E-state index contributed by atoms with van der Waals surface area (Å²) in [5, 5.41) is 0. The fourth-order valence-corrected chi connectivity index (χ4v) is 3.45. The first kappa shape index (κ1) is 18.2. The summed E-state index contributed by atoms with van der Waals surface area (Å²) in [6.07, 6.45) is 0.574. The van der Waals surface area contributed by atoms with Gasteiger partial charge in [0, 0.05) is 44.0 Å². The van der Waals surface area contributed by atoms with Crippen LogP contribution < -0.4 is 4.74 Å². The number of hydrogen-bond donors (Lipinski definition) is 0. The molecule has 2 aromatic rings. The van der Waals surface area contributed by atoms with Crippen LogP contribution in [0.5, 0.6) is 11.5 Å². The van der Waals surface area contributed by atoms with Gasteiger partial charge >= 0.3 is 0 Å². The number of likely N-dealkylation sites (tertiary alicyclic amines) is 2. The third-order valence-corrected chi connectivity index (χ3v) is 4.97. The van der Waals surface area contributed by atoms with Gasteiger partial charge in [0.1, 0.15) is 17.3 Å². The predicted molar refractivity (Wildman–Crippen MR) is 98.3 cm³/mol. The van der Waals surface area contributed by atoms with E-state index in [0.717, 1.165) is 0 Å². The highest BCUT2D eigenvalue weighted by molar-refractivity contribution is 6.02. The van der Waals surface area contributed by atoms with Crippen molar-refractivity contribution >= 4 is 17.7 Å². The minimum Gasteiger partial charge on any atom is -0.457 e. The second-order valence-corrected chi connectivity index (χ2v) is 7.06. The smallest absolute Gasteiger partial charge is 0.254 e. The maximum Gasteiger partial charge on any atom is 0.254 e. The van der Waals surface area contributed by atoms with Gasteiger partial charge in [0.05, 0.1) is 0 Å². The van der Waals surface area contributed by atoms with Crippen molar-refractivity contribution in [2.75, 3.05) is 19.6 Å². The third-order valence-electron chi connectivity index (χ3n) is 4.97. The fraction of sp³-hybridized carbons (Fsp3) is 0.286. The summed E-state index contributed by atoms with van der Waals surface area (Å²) < 4.78 is 18.7. The summed E-state index contributed by atoms with van der Waals surface area (Å²) in [5.74, 6) is 0.369. The van der Waals surface area contributed by atoms with Crippen molar-refractivity contribution in [1.82, 2.24) is 9.80 Å². The average molecular weight is 382 g/mol. The molecule has 2 aromatic carbocycles. The fourth-order valence-electron chi connectivity index (χ4n) is 3.45. The molecule has 0 aliphatic carbocycles. The van der Waals surface area contributed by atoms with Crippen LogP contribution in [0.25, 0.3) is 0 Å². The molecule has 0 atom stereocenters. The van der Waals surface area contributed by atoms with Gasteiger partial charge in [-0.25, -0.2) is 4.39 Å². The van der Waals surface area contributed by atoms with Crippen molar-refractivity contribution in [3.05, 3.63) is 59.9 Å². The van der Waals surface area contributed by atoms with E-state index < -0.39 is 0 Å². The van der Waals surface area contributed by atoms with Crippen molar-refractivity contribution < 1.29 is 23.5 Å². The number of amides is 3. The van der Waals surface area contributed by atoms with Crippen molar-refractivity contribution in [2.45, 2.75) is 12.8 Å². The number of hydrogen-bond acceptors (Lipinski definition) is 4. The van der Waals surface area contributed by atoms with Crippen LogP contribution in [0.1, 0.15) is 23.2 Å². The number of ether oxygens (including phenoxy) is 1. The summed E-state index contributed by atoms with van der Waals surface area (Å²) in [7, 11) is 0. The first-order valence-corrected chi connectivity index (χ1v) is 9.15. The number of carbonyl (C=O) groups excluding carboxylic acids is 3.